The topological polar surface area (TPSA) is 82.3 Å². The predicted octanol–water partition coefficient (Wildman–Crippen LogP) is 6.88. The Morgan fingerprint density at radius 1 is 0.588 bits per heavy atom. The van der Waals surface area contributed by atoms with E-state index in [2.05, 4.69) is 47.2 Å². The number of aryl methyl sites for hydroxylation is 2. The number of urea groups is 2. The van der Waals surface area contributed by atoms with Crippen LogP contribution in [0.25, 0.3) is 0 Å². The fourth-order valence-corrected chi connectivity index (χ4v) is 3.80. The minimum Gasteiger partial charge on any atom is -0.338 e. The minimum atomic E-state index is -0.134. The molecule has 0 atom stereocenters. The molecule has 0 aromatic heterocycles. The number of unbranched alkanes of at least 4 members (excludes halogenated alkanes) is 7. The summed E-state index contributed by atoms with van der Waals surface area (Å²) in [6.45, 7) is 5.61. The van der Waals surface area contributed by atoms with Crippen LogP contribution in [-0.4, -0.2) is 25.2 Å². The Balaban J connectivity index is 1.38. The van der Waals surface area contributed by atoms with Crippen molar-refractivity contribution in [1.29, 1.82) is 0 Å². The lowest BCUT2D eigenvalue weighted by atomic mass is 10.1. The Bertz CT molecular complexity index is 797. The fraction of sp³-hybridized carbons (Fsp3) is 0.500. The van der Waals surface area contributed by atoms with Crippen molar-refractivity contribution in [2.24, 2.45) is 0 Å². The number of hydrogen-bond acceptors (Lipinski definition) is 2. The Labute approximate surface area is 205 Å². The molecule has 0 heterocycles. The highest BCUT2D eigenvalue weighted by Crippen LogP contribution is 2.12. The van der Waals surface area contributed by atoms with Gasteiger partial charge in [0.1, 0.15) is 0 Å². The first kappa shape index (κ1) is 27.2. The minimum absolute atomic E-state index is 0.134. The highest BCUT2D eigenvalue weighted by atomic mass is 16.2. The lowest BCUT2D eigenvalue weighted by Gasteiger charge is -2.09. The molecule has 4 N–H and O–H groups in total. The van der Waals surface area contributed by atoms with Gasteiger partial charge in [0.2, 0.25) is 0 Å². The van der Waals surface area contributed by atoms with Crippen molar-refractivity contribution in [2.75, 3.05) is 23.7 Å². The van der Waals surface area contributed by atoms with Crippen molar-refractivity contribution in [3.63, 3.8) is 0 Å². The van der Waals surface area contributed by atoms with Crippen molar-refractivity contribution >= 4 is 23.4 Å². The lowest BCUT2D eigenvalue weighted by molar-refractivity contribution is 0.251. The predicted molar refractivity (Wildman–Crippen MR) is 143 cm³/mol. The second-order valence-corrected chi connectivity index (χ2v) is 8.70. The van der Waals surface area contributed by atoms with Crippen LogP contribution >= 0.6 is 0 Å². The largest absolute Gasteiger partial charge is 0.338 e. The van der Waals surface area contributed by atoms with E-state index in [1.165, 1.54) is 36.8 Å². The fourth-order valence-electron chi connectivity index (χ4n) is 3.80. The van der Waals surface area contributed by atoms with Crippen LogP contribution in [0.4, 0.5) is 21.0 Å². The molecular weight excluding hydrogens is 424 g/mol. The molecule has 0 radical (unpaired) electrons. The van der Waals surface area contributed by atoms with E-state index in [-0.39, 0.29) is 12.1 Å². The third kappa shape index (κ3) is 11.7. The molecule has 0 aliphatic carbocycles. The molecule has 0 spiro atoms. The van der Waals surface area contributed by atoms with E-state index in [0.29, 0.717) is 13.1 Å². The van der Waals surface area contributed by atoms with Gasteiger partial charge >= 0.3 is 12.1 Å². The van der Waals surface area contributed by atoms with Crippen LogP contribution < -0.4 is 21.3 Å². The van der Waals surface area contributed by atoms with Crippen molar-refractivity contribution < 1.29 is 9.59 Å². The standard InChI is InChI=1S/C28H42N4O2/c1-3-23-15-13-17-25(21-23)31-27(33)29-19-11-9-7-5-6-8-10-12-20-30-28(34)32-26-18-14-16-24(4-2)22-26/h13-18,21-22H,3-12,19-20H2,1-2H3,(H2,29,31,33)(H2,30,32,34). The third-order valence-corrected chi connectivity index (χ3v) is 5.86. The average Bonchev–Trinajstić information content (AvgIpc) is 2.84. The summed E-state index contributed by atoms with van der Waals surface area (Å²) in [5, 5.41) is 11.7. The zero-order valence-electron chi connectivity index (χ0n) is 20.9. The maximum Gasteiger partial charge on any atom is 0.319 e. The van der Waals surface area contributed by atoms with Gasteiger partial charge in [-0.1, -0.05) is 76.6 Å². The molecule has 34 heavy (non-hydrogen) atoms. The summed E-state index contributed by atoms with van der Waals surface area (Å²) in [6, 6.07) is 15.6. The first-order valence-corrected chi connectivity index (χ1v) is 12.9. The second kappa shape index (κ2) is 16.6. The van der Waals surface area contributed by atoms with Gasteiger partial charge in [-0.2, -0.15) is 0 Å². The van der Waals surface area contributed by atoms with E-state index in [9.17, 15) is 9.59 Å². The first-order valence-electron chi connectivity index (χ1n) is 12.9. The maximum atomic E-state index is 12.0. The molecule has 4 amide bonds. The zero-order chi connectivity index (χ0) is 24.4. The molecule has 0 saturated carbocycles. The average molecular weight is 467 g/mol. The van der Waals surface area contributed by atoms with E-state index in [4.69, 9.17) is 0 Å². The van der Waals surface area contributed by atoms with Crippen molar-refractivity contribution in [3.8, 4) is 0 Å². The molecule has 2 rings (SSSR count). The summed E-state index contributed by atoms with van der Waals surface area (Å²) in [5.41, 5.74) is 4.12. The molecule has 0 aliphatic rings. The monoisotopic (exact) mass is 466 g/mol. The number of benzene rings is 2. The van der Waals surface area contributed by atoms with Gasteiger partial charge in [-0.25, -0.2) is 9.59 Å². The Hall–Kier alpha value is -3.02. The summed E-state index contributed by atoms with van der Waals surface area (Å²) in [5.74, 6) is 0. The summed E-state index contributed by atoms with van der Waals surface area (Å²) in [7, 11) is 0. The number of carbonyl (C=O) groups excluding carboxylic acids is 2. The van der Waals surface area contributed by atoms with Crippen LogP contribution in [0.15, 0.2) is 48.5 Å². The molecule has 6 nitrogen and oxygen atoms in total. The maximum absolute atomic E-state index is 12.0. The number of hydrogen-bond donors (Lipinski definition) is 4. The molecule has 0 bridgehead atoms. The molecule has 0 saturated heterocycles. The van der Waals surface area contributed by atoms with E-state index >= 15 is 0 Å². The number of nitrogens with one attached hydrogen (secondary N) is 4. The van der Waals surface area contributed by atoms with Crippen LogP contribution in [0.1, 0.15) is 76.3 Å². The van der Waals surface area contributed by atoms with Gasteiger partial charge in [0.15, 0.2) is 0 Å². The molecule has 0 unspecified atom stereocenters. The van der Waals surface area contributed by atoms with Crippen molar-refractivity contribution in [3.05, 3.63) is 59.7 Å². The van der Waals surface area contributed by atoms with Gasteiger partial charge in [0.05, 0.1) is 0 Å². The number of anilines is 2. The smallest absolute Gasteiger partial charge is 0.319 e. The summed E-state index contributed by atoms with van der Waals surface area (Å²) in [6.07, 6.45) is 11.0. The van der Waals surface area contributed by atoms with Crippen LogP contribution in [0.2, 0.25) is 0 Å². The number of rotatable bonds is 15. The van der Waals surface area contributed by atoms with Gasteiger partial charge < -0.3 is 21.3 Å². The second-order valence-electron chi connectivity index (χ2n) is 8.70. The zero-order valence-corrected chi connectivity index (χ0v) is 20.9. The lowest BCUT2D eigenvalue weighted by Crippen LogP contribution is -2.29. The van der Waals surface area contributed by atoms with E-state index in [1.807, 2.05) is 36.4 Å². The molecule has 2 aromatic rings. The normalized spacial score (nSPS) is 10.5. The van der Waals surface area contributed by atoms with E-state index in [0.717, 1.165) is 49.9 Å². The van der Waals surface area contributed by atoms with E-state index in [1.54, 1.807) is 0 Å². The first-order chi connectivity index (χ1) is 16.6. The Morgan fingerprint density at radius 2 is 0.971 bits per heavy atom. The van der Waals surface area contributed by atoms with E-state index < -0.39 is 0 Å². The van der Waals surface area contributed by atoms with Gasteiger partial charge in [0.25, 0.3) is 0 Å². The third-order valence-electron chi connectivity index (χ3n) is 5.86. The van der Waals surface area contributed by atoms with Crippen LogP contribution in [0.3, 0.4) is 0 Å². The summed E-state index contributed by atoms with van der Waals surface area (Å²) >= 11 is 0. The van der Waals surface area contributed by atoms with Crippen LogP contribution in [-0.2, 0) is 12.8 Å². The highest BCUT2D eigenvalue weighted by Gasteiger charge is 2.03. The molecule has 6 heteroatoms. The van der Waals surface area contributed by atoms with Gasteiger partial charge in [0, 0.05) is 24.5 Å². The summed E-state index contributed by atoms with van der Waals surface area (Å²) < 4.78 is 0. The molecule has 0 aliphatic heterocycles. The highest BCUT2D eigenvalue weighted by molar-refractivity contribution is 5.89. The SMILES string of the molecule is CCc1cccc(NC(=O)NCCCCCCCCCCNC(=O)Nc2cccc(CC)c2)c1. The van der Waals surface area contributed by atoms with Crippen LogP contribution in [0.5, 0.6) is 0 Å². The quantitative estimate of drug-likeness (QED) is 0.216. The Kier molecular flexibility index (Phi) is 13.3. The summed E-state index contributed by atoms with van der Waals surface area (Å²) in [4.78, 5) is 24.0. The number of amides is 4. The van der Waals surface area contributed by atoms with Crippen molar-refractivity contribution in [2.45, 2.75) is 78.1 Å². The van der Waals surface area contributed by atoms with Gasteiger partial charge in [-0.15, -0.1) is 0 Å². The molecular formula is C28H42N4O2. The molecule has 0 fully saturated rings. The Morgan fingerprint density at radius 3 is 1.35 bits per heavy atom. The number of carbonyl (C=O) groups is 2. The van der Waals surface area contributed by atoms with Gasteiger partial charge in [-0.05, 0) is 61.1 Å². The molecule has 186 valence electrons. The molecule has 2 aromatic carbocycles. The van der Waals surface area contributed by atoms with Crippen molar-refractivity contribution in [1.82, 2.24) is 10.6 Å². The van der Waals surface area contributed by atoms with Crippen LogP contribution in [0, 0.1) is 0 Å². The van der Waals surface area contributed by atoms with Gasteiger partial charge in [-0.3, -0.25) is 0 Å².